The lowest BCUT2D eigenvalue weighted by Gasteiger charge is -2.36. The maximum Gasteiger partial charge on any atom is 0.257 e. The number of benzene rings is 1. The van der Waals surface area contributed by atoms with Gasteiger partial charge in [0.2, 0.25) is 0 Å². The average Bonchev–Trinajstić information content (AvgIpc) is 2.18. The van der Waals surface area contributed by atoms with Crippen LogP contribution in [0, 0.1) is 7.14 Å². The normalized spacial score (nSPS) is 16.1. The third kappa shape index (κ3) is 2.28. The number of likely N-dealkylation sites (tertiary alicyclic amines) is 1. The molecule has 1 fully saturated rings. The highest BCUT2D eigenvalue weighted by molar-refractivity contribution is 14.1. The lowest BCUT2D eigenvalue weighted by molar-refractivity contribution is 0.00569. The van der Waals surface area contributed by atoms with Gasteiger partial charge in [0.05, 0.1) is 15.2 Å². The van der Waals surface area contributed by atoms with Crippen LogP contribution in [0.1, 0.15) is 10.4 Å². The molecule has 0 bridgehead atoms. The number of hydrogen-bond donors (Lipinski definition) is 2. The summed E-state index contributed by atoms with van der Waals surface area (Å²) in [4.78, 5) is 13.5. The topological polar surface area (TPSA) is 60.8 Å². The van der Waals surface area contributed by atoms with Crippen molar-refractivity contribution in [1.82, 2.24) is 4.90 Å². The molecule has 6 heteroatoms. The standard InChI is InChI=1S/C10H9I2NO3/c11-5-1-7(9(15)8(12)2-5)10(16)13-3-6(14)4-13/h1-2,6,14-15H,3-4H2. The highest BCUT2D eigenvalue weighted by atomic mass is 127. The molecule has 0 radical (unpaired) electrons. The van der Waals surface area contributed by atoms with E-state index in [-0.39, 0.29) is 11.7 Å². The van der Waals surface area contributed by atoms with Gasteiger partial charge in [-0.3, -0.25) is 4.79 Å². The Labute approximate surface area is 120 Å². The lowest BCUT2D eigenvalue weighted by atomic mass is 10.1. The van der Waals surface area contributed by atoms with E-state index in [1.165, 1.54) is 4.90 Å². The monoisotopic (exact) mass is 445 g/mol. The van der Waals surface area contributed by atoms with Gasteiger partial charge in [0.25, 0.3) is 5.91 Å². The number of amides is 1. The fourth-order valence-electron chi connectivity index (χ4n) is 1.52. The predicted molar refractivity (Wildman–Crippen MR) is 75.5 cm³/mol. The van der Waals surface area contributed by atoms with E-state index in [1.54, 1.807) is 12.1 Å². The minimum absolute atomic E-state index is 0.0207. The molecule has 1 heterocycles. The van der Waals surface area contributed by atoms with Gasteiger partial charge in [-0.2, -0.15) is 0 Å². The Hall–Kier alpha value is -0.0900. The second-order valence-electron chi connectivity index (χ2n) is 3.65. The van der Waals surface area contributed by atoms with Gasteiger partial charge in [-0.15, -0.1) is 0 Å². The summed E-state index contributed by atoms with van der Waals surface area (Å²) >= 11 is 4.09. The number of aromatic hydroxyl groups is 1. The van der Waals surface area contributed by atoms with Crippen molar-refractivity contribution < 1.29 is 15.0 Å². The Kier molecular flexibility index (Phi) is 3.59. The molecule has 0 spiro atoms. The van der Waals surface area contributed by atoms with Gasteiger partial charge in [0.15, 0.2) is 0 Å². The number of phenols is 1. The van der Waals surface area contributed by atoms with Gasteiger partial charge in [-0.05, 0) is 57.3 Å². The second kappa shape index (κ2) is 4.65. The SMILES string of the molecule is O=C(c1cc(I)cc(I)c1O)N1CC(O)C1. The first-order valence-electron chi connectivity index (χ1n) is 4.64. The molecule has 1 aromatic rings. The van der Waals surface area contributed by atoms with Gasteiger partial charge in [-0.25, -0.2) is 0 Å². The van der Waals surface area contributed by atoms with Crippen molar-refractivity contribution in [1.29, 1.82) is 0 Å². The molecule has 16 heavy (non-hydrogen) atoms. The van der Waals surface area contributed by atoms with Crippen LogP contribution in [0.2, 0.25) is 0 Å². The van der Waals surface area contributed by atoms with Crippen LogP contribution in [0.5, 0.6) is 5.75 Å². The maximum atomic E-state index is 11.9. The smallest absolute Gasteiger partial charge is 0.257 e. The van der Waals surface area contributed by atoms with E-state index in [0.717, 1.165) is 3.57 Å². The molecule has 0 aromatic heterocycles. The van der Waals surface area contributed by atoms with Gasteiger partial charge in [-0.1, -0.05) is 0 Å². The molecule has 4 nitrogen and oxygen atoms in total. The Morgan fingerprint density at radius 1 is 1.38 bits per heavy atom. The number of halogens is 2. The van der Waals surface area contributed by atoms with Crippen molar-refractivity contribution >= 4 is 51.1 Å². The van der Waals surface area contributed by atoms with Gasteiger partial charge >= 0.3 is 0 Å². The first-order chi connectivity index (χ1) is 7.49. The van der Waals surface area contributed by atoms with Crippen LogP contribution in [0.4, 0.5) is 0 Å². The first kappa shape index (κ1) is 12.4. The number of hydrogen-bond acceptors (Lipinski definition) is 3. The molecular formula is C10H9I2NO3. The highest BCUT2D eigenvalue weighted by Gasteiger charge is 2.31. The van der Waals surface area contributed by atoms with Crippen LogP contribution in [0.25, 0.3) is 0 Å². The van der Waals surface area contributed by atoms with Gasteiger partial charge in [0, 0.05) is 16.7 Å². The molecule has 2 N–H and O–H groups in total. The van der Waals surface area contributed by atoms with Crippen LogP contribution in [0.15, 0.2) is 12.1 Å². The third-order valence-electron chi connectivity index (χ3n) is 2.41. The van der Waals surface area contributed by atoms with Crippen molar-refractivity contribution in [2.75, 3.05) is 13.1 Å². The summed E-state index contributed by atoms with van der Waals surface area (Å²) in [5, 5.41) is 18.9. The lowest BCUT2D eigenvalue weighted by Crippen LogP contribution is -2.53. The minimum atomic E-state index is -0.423. The maximum absolute atomic E-state index is 11.9. The molecule has 1 amide bonds. The quantitative estimate of drug-likeness (QED) is 0.644. The predicted octanol–water partition coefficient (Wildman–Crippen LogP) is 1.42. The number of carbonyl (C=O) groups is 1. The van der Waals surface area contributed by atoms with E-state index in [0.29, 0.717) is 22.2 Å². The molecule has 1 saturated heterocycles. The molecule has 0 atom stereocenters. The number of β-amino-alcohol motifs (C(OH)–C–C–N with tert-alkyl or cyclic N) is 1. The van der Waals surface area contributed by atoms with Gasteiger partial charge < -0.3 is 15.1 Å². The zero-order chi connectivity index (χ0) is 11.9. The van der Waals surface area contributed by atoms with E-state index >= 15 is 0 Å². The Morgan fingerprint density at radius 3 is 2.56 bits per heavy atom. The first-order valence-corrected chi connectivity index (χ1v) is 6.80. The van der Waals surface area contributed by atoms with Crippen LogP contribution in [-0.2, 0) is 0 Å². The van der Waals surface area contributed by atoms with Crippen molar-refractivity contribution in [2.24, 2.45) is 0 Å². The average molecular weight is 445 g/mol. The van der Waals surface area contributed by atoms with E-state index in [4.69, 9.17) is 5.11 Å². The van der Waals surface area contributed by atoms with E-state index in [9.17, 15) is 9.90 Å². The summed E-state index contributed by atoms with van der Waals surface area (Å²) in [7, 11) is 0. The molecule has 1 aliphatic heterocycles. The van der Waals surface area contributed by atoms with E-state index in [1.807, 2.05) is 22.6 Å². The van der Waals surface area contributed by atoms with Crippen molar-refractivity contribution in [3.05, 3.63) is 24.8 Å². The number of phenolic OH excluding ortho intramolecular Hbond substituents is 1. The molecule has 1 aliphatic rings. The third-order valence-corrected chi connectivity index (χ3v) is 3.85. The summed E-state index contributed by atoms with van der Waals surface area (Å²) in [5.74, 6) is -0.202. The van der Waals surface area contributed by atoms with E-state index < -0.39 is 6.10 Å². The molecule has 2 rings (SSSR count). The summed E-state index contributed by atoms with van der Waals surface area (Å²) in [6.07, 6.45) is -0.423. The van der Waals surface area contributed by atoms with E-state index in [2.05, 4.69) is 22.6 Å². The van der Waals surface area contributed by atoms with Crippen LogP contribution >= 0.6 is 45.2 Å². The van der Waals surface area contributed by atoms with Crippen LogP contribution in [0.3, 0.4) is 0 Å². The van der Waals surface area contributed by atoms with Crippen LogP contribution in [-0.4, -0.2) is 40.2 Å². The Morgan fingerprint density at radius 2 is 2.00 bits per heavy atom. The number of aliphatic hydroxyl groups excluding tert-OH is 1. The Balaban J connectivity index is 2.29. The summed E-state index contributed by atoms with van der Waals surface area (Å²) in [5.41, 5.74) is 0.309. The van der Waals surface area contributed by atoms with Crippen LogP contribution < -0.4 is 0 Å². The number of rotatable bonds is 1. The fourth-order valence-corrected chi connectivity index (χ4v) is 3.37. The minimum Gasteiger partial charge on any atom is -0.506 e. The Bertz CT molecular complexity index is 444. The van der Waals surface area contributed by atoms with Crippen molar-refractivity contribution in [3.8, 4) is 5.75 Å². The summed E-state index contributed by atoms with van der Waals surface area (Å²) < 4.78 is 1.57. The zero-order valence-electron chi connectivity index (χ0n) is 8.15. The molecule has 0 saturated carbocycles. The summed E-state index contributed by atoms with van der Waals surface area (Å²) in [6, 6.07) is 3.46. The number of nitrogens with zero attached hydrogens (tertiary/aromatic N) is 1. The molecule has 0 unspecified atom stereocenters. The van der Waals surface area contributed by atoms with Crippen molar-refractivity contribution in [2.45, 2.75) is 6.10 Å². The van der Waals surface area contributed by atoms with Crippen molar-refractivity contribution in [3.63, 3.8) is 0 Å². The zero-order valence-corrected chi connectivity index (χ0v) is 12.5. The molecule has 86 valence electrons. The van der Waals surface area contributed by atoms with Gasteiger partial charge in [0.1, 0.15) is 5.75 Å². The largest absolute Gasteiger partial charge is 0.506 e. The highest BCUT2D eigenvalue weighted by Crippen LogP contribution is 2.29. The second-order valence-corrected chi connectivity index (χ2v) is 6.06. The fraction of sp³-hybridized carbons (Fsp3) is 0.300. The summed E-state index contributed by atoms with van der Waals surface area (Å²) in [6.45, 7) is 0.695. The molecule has 0 aliphatic carbocycles. The molecular weight excluding hydrogens is 436 g/mol. The number of aliphatic hydroxyl groups is 1. The number of carbonyl (C=O) groups excluding carboxylic acids is 1. The molecule has 1 aromatic carbocycles.